The molecule has 0 radical (unpaired) electrons. The van der Waals surface area contributed by atoms with Crippen LogP contribution in [0.4, 0.5) is 0 Å². The number of rotatable bonds is 3. The standard InChI is InChI=1S/C8H13NO2/c1-3-11-8(10)4-5-9-6-7(9)2/h4-5,7H,3,6H2,1-2H3/b5-4+. The average Bonchev–Trinajstić information content (AvgIpc) is 2.63. The van der Waals surface area contributed by atoms with Crippen LogP contribution in [0.15, 0.2) is 12.3 Å². The summed E-state index contributed by atoms with van der Waals surface area (Å²) in [6.07, 6.45) is 3.25. The summed E-state index contributed by atoms with van der Waals surface area (Å²) in [4.78, 5) is 12.8. The molecule has 0 saturated carbocycles. The predicted molar refractivity (Wildman–Crippen MR) is 41.9 cm³/mol. The van der Waals surface area contributed by atoms with Crippen molar-refractivity contribution < 1.29 is 9.53 Å². The summed E-state index contributed by atoms with van der Waals surface area (Å²) in [6, 6.07) is 0.598. The van der Waals surface area contributed by atoms with E-state index in [1.807, 2.05) is 0 Å². The molecule has 11 heavy (non-hydrogen) atoms. The number of carbonyl (C=O) groups is 1. The van der Waals surface area contributed by atoms with Gasteiger partial charge in [-0.3, -0.25) is 0 Å². The SMILES string of the molecule is CCOC(=O)/C=C/N1CC1C. The van der Waals surface area contributed by atoms with Crippen LogP contribution in [0.2, 0.25) is 0 Å². The Labute approximate surface area is 66.6 Å². The molecule has 1 fully saturated rings. The van der Waals surface area contributed by atoms with Gasteiger partial charge in [0.05, 0.1) is 6.61 Å². The molecule has 1 heterocycles. The first-order valence-electron chi connectivity index (χ1n) is 3.84. The second kappa shape index (κ2) is 3.42. The number of nitrogens with zero attached hydrogens (tertiary/aromatic N) is 1. The highest BCUT2D eigenvalue weighted by atomic mass is 16.5. The predicted octanol–water partition coefficient (Wildman–Crippen LogP) is 0.767. The number of hydrogen-bond donors (Lipinski definition) is 0. The molecule has 0 aromatic heterocycles. The first-order chi connectivity index (χ1) is 5.24. The summed E-state index contributed by atoms with van der Waals surface area (Å²) < 4.78 is 4.70. The van der Waals surface area contributed by atoms with Crippen molar-refractivity contribution in [1.29, 1.82) is 0 Å². The maximum absolute atomic E-state index is 10.7. The largest absolute Gasteiger partial charge is 0.463 e. The molecule has 62 valence electrons. The molecule has 0 amide bonds. The van der Waals surface area contributed by atoms with Gasteiger partial charge in [0.2, 0.25) is 0 Å². The topological polar surface area (TPSA) is 29.3 Å². The molecule has 1 aliphatic rings. The molecule has 1 atom stereocenters. The molecule has 0 N–H and O–H groups in total. The van der Waals surface area contributed by atoms with Gasteiger partial charge in [0.25, 0.3) is 0 Å². The summed E-state index contributed by atoms with van der Waals surface area (Å²) in [7, 11) is 0. The van der Waals surface area contributed by atoms with E-state index in [2.05, 4.69) is 11.8 Å². The van der Waals surface area contributed by atoms with E-state index < -0.39 is 0 Å². The van der Waals surface area contributed by atoms with Crippen molar-refractivity contribution in [3.63, 3.8) is 0 Å². The lowest BCUT2D eigenvalue weighted by Crippen LogP contribution is -2.00. The fourth-order valence-corrected chi connectivity index (χ4v) is 0.813. The van der Waals surface area contributed by atoms with Gasteiger partial charge < -0.3 is 9.64 Å². The Balaban J connectivity index is 2.18. The monoisotopic (exact) mass is 155 g/mol. The minimum atomic E-state index is -0.258. The van der Waals surface area contributed by atoms with Gasteiger partial charge in [-0.1, -0.05) is 0 Å². The Kier molecular flexibility index (Phi) is 2.52. The maximum atomic E-state index is 10.7. The number of ether oxygens (including phenoxy) is 1. The van der Waals surface area contributed by atoms with Gasteiger partial charge in [-0.25, -0.2) is 4.79 Å². The van der Waals surface area contributed by atoms with Gasteiger partial charge in [-0.2, -0.15) is 0 Å². The van der Waals surface area contributed by atoms with E-state index in [9.17, 15) is 4.79 Å². The van der Waals surface area contributed by atoms with Crippen LogP contribution >= 0.6 is 0 Å². The summed E-state index contributed by atoms with van der Waals surface area (Å²) in [5, 5.41) is 0. The summed E-state index contributed by atoms with van der Waals surface area (Å²) >= 11 is 0. The Bertz CT molecular complexity index is 177. The molecule has 0 aliphatic carbocycles. The number of carbonyl (C=O) groups excluding carboxylic acids is 1. The summed E-state index contributed by atoms with van der Waals surface area (Å²) in [6.45, 7) is 5.40. The zero-order valence-electron chi connectivity index (χ0n) is 6.91. The molecule has 1 unspecified atom stereocenters. The molecular weight excluding hydrogens is 142 g/mol. The molecule has 0 aromatic carbocycles. The van der Waals surface area contributed by atoms with Crippen LogP contribution in [0.5, 0.6) is 0 Å². The van der Waals surface area contributed by atoms with Crippen molar-refractivity contribution in [2.75, 3.05) is 13.2 Å². The molecule has 3 nitrogen and oxygen atoms in total. The Morgan fingerprint density at radius 2 is 2.45 bits per heavy atom. The number of esters is 1. The van der Waals surface area contributed by atoms with Gasteiger partial charge in [-0.05, 0) is 13.8 Å². The average molecular weight is 155 g/mol. The van der Waals surface area contributed by atoms with E-state index >= 15 is 0 Å². The van der Waals surface area contributed by atoms with Crippen LogP contribution < -0.4 is 0 Å². The molecular formula is C8H13NO2. The molecule has 1 aliphatic heterocycles. The zero-order chi connectivity index (χ0) is 8.27. The second-order valence-corrected chi connectivity index (χ2v) is 2.61. The molecule has 1 rings (SSSR count). The Morgan fingerprint density at radius 1 is 1.82 bits per heavy atom. The van der Waals surface area contributed by atoms with E-state index in [1.54, 1.807) is 13.1 Å². The summed E-state index contributed by atoms with van der Waals surface area (Å²) in [5.74, 6) is -0.258. The fraction of sp³-hybridized carbons (Fsp3) is 0.625. The highest BCUT2D eigenvalue weighted by molar-refractivity contribution is 5.81. The van der Waals surface area contributed by atoms with Gasteiger partial charge in [0.1, 0.15) is 0 Å². The Hall–Kier alpha value is -0.990. The van der Waals surface area contributed by atoms with Crippen LogP contribution in [-0.4, -0.2) is 30.1 Å². The zero-order valence-corrected chi connectivity index (χ0v) is 6.91. The van der Waals surface area contributed by atoms with Crippen LogP contribution in [0, 0.1) is 0 Å². The van der Waals surface area contributed by atoms with Crippen molar-refractivity contribution in [2.45, 2.75) is 19.9 Å². The lowest BCUT2D eigenvalue weighted by molar-refractivity contribution is -0.137. The third-order valence-electron chi connectivity index (χ3n) is 1.60. The maximum Gasteiger partial charge on any atom is 0.332 e. The van der Waals surface area contributed by atoms with Crippen LogP contribution in [0.25, 0.3) is 0 Å². The van der Waals surface area contributed by atoms with Crippen LogP contribution in [0.1, 0.15) is 13.8 Å². The minimum absolute atomic E-state index is 0.258. The lowest BCUT2D eigenvalue weighted by Gasteiger charge is -1.95. The van der Waals surface area contributed by atoms with E-state index in [0.29, 0.717) is 12.6 Å². The summed E-state index contributed by atoms with van der Waals surface area (Å²) in [5.41, 5.74) is 0. The van der Waals surface area contributed by atoms with Crippen molar-refractivity contribution in [3.8, 4) is 0 Å². The van der Waals surface area contributed by atoms with Gasteiger partial charge in [-0.15, -0.1) is 0 Å². The van der Waals surface area contributed by atoms with Crippen molar-refractivity contribution in [2.24, 2.45) is 0 Å². The fourth-order valence-electron chi connectivity index (χ4n) is 0.813. The third-order valence-corrected chi connectivity index (χ3v) is 1.60. The van der Waals surface area contributed by atoms with Crippen molar-refractivity contribution in [1.82, 2.24) is 4.90 Å². The van der Waals surface area contributed by atoms with E-state index in [1.165, 1.54) is 6.08 Å². The minimum Gasteiger partial charge on any atom is -0.463 e. The first kappa shape index (κ1) is 8.11. The van der Waals surface area contributed by atoms with Crippen molar-refractivity contribution >= 4 is 5.97 Å². The number of hydrogen-bond acceptors (Lipinski definition) is 3. The second-order valence-electron chi connectivity index (χ2n) is 2.61. The smallest absolute Gasteiger partial charge is 0.332 e. The molecule has 0 aromatic rings. The van der Waals surface area contributed by atoms with Crippen LogP contribution in [0.3, 0.4) is 0 Å². The van der Waals surface area contributed by atoms with Gasteiger partial charge in [0, 0.05) is 24.9 Å². The van der Waals surface area contributed by atoms with Crippen LogP contribution in [-0.2, 0) is 9.53 Å². The molecule has 0 spiro atoms. The molecule has 1 saturated heterocycles. The Morgan fingerprint density at radius 3 is 2.91 bits per heavy atom. The van der Waals surface area contributed by atoms with Gasteiger partial charge in [0.15, 0.2) is 0 Å². The third kappa shape index (κ3) is 2.62. The lowest BCUT2D eigenvalue weighted by atomic mass is 10.6. The van der Waals surface area contributed by atoms with Gasteiger partial charge >= 0.3 is 5.97 Å². The van der Waals surface area contributed by atoms with E-state index in [-0.39, 0.29) is 5.97 Å². The molecule has 3 heteroatoms. The van der Waals surface area contributed by atoms with Crippen molar-refractivity contribution in [3.05, 3.63) is 12.3 Å². The van der Waals surface area contributed by atoms with E-state index in [4.69, 9.17) is 4.74 Å². The van der Waals surface area contributed by atoms with E-state index in [0.717, 1.165) is 6.54 Å². The highest BCUT2D eigenvalue weighted by Crippen LogP contribution is 2.15. The molecule has 0 bridgehead atoms. The quantitative estimate of drug-likeness (QED) is 0.342. The first-order valence-corrected chi connectivity index (χ1v) is 3.84. The normalized spacial score (nSPS) is 22.4. The highest BCUT2D eigenvalue weighted by Gasteiger charge is 2.24.